The molecule has 0 saturated carbocycles. The largest absolute Gasteiger partial charge is 0.326 e. The van der Waals surface area contributed by atoms with Gasteiger partial charge in [0, 0.05) is 37.1 Å². The van der Waals surface area contributed by atoms with Crippen LogP contribution in [0.4, 0.5) is 11.6 Å². The Balaban J connectivity index is 1.36. The number of aromatic nitrogens is 4. The fraction of sp³-hybridized carbons (Fsp3) is 0.190. The van der Waals surface area contributed by atoms with Crippen molar-refractivity contribution >= 4 is 22.5 Å². The summed E-state index contributed by atoms with van der Waals surface area (Å²) >= 11 is 0. The van der Waals surface area contributed by atoms with Gasteiger partial charge in [-0.2, -0.15) is 5.10 Å². The minimum Gasteiger partial charge on any atom is -0.326 e. The van der Waals surface area contributed by atoms with E-state index in [2.05, 4.69) is 42.5 Å². The maximum absolute atomic E-state index is 12.7. The fourth-order valence-corrected chi connectivity index (χ4v) is 3.67. The first-order valence-electron chi connectivity index (χ1n) is 9.33. The Kier molecular flexibility index (Phi) is 4.14. The molecular weight excluding hydrogens is 352 g/mol. The summed E-state index contributed by atoms with van der Waals surface area (Å²) < 4.78 is 0. The Morgan fingerprint density at radius 2 is 2.04 bits per heavy atom. The molecule has 4 aromatic rings. The van der Waals surface area contributed by atoms with Crippen LogP contribution >= 0.6 is 0 Å². The Hall–Kier alpha value is -3.45. The van der Waals surface area contributed by atoms with Crippen LogP contribution in [-0.4, -0.2) is 31.6 Å². The number of aromatic amines is 2. The number of nitrogens with zero attached hydrogens (tertiary/aromatic N) is 3. The highest BCUT2D eigenvalue weighted by atomic mass is 16.1. The van der Waals surface area contributed by atoms with Gasteiger partial charge in [0.1, 0.15) is 0 Å². The van der Waals surface area contributed by atoms with E-state index >= 15 is 0 Å². The molecule has 2 aromatic heterocycles. The summed E-state index contributed by atoms with van der Waals surface area (Å²) in [5.74, 6) is 0.471. The second-order valence-corrected chi connectivity index (χ2v) is 7.08. The highest BCUT2D eigenvalue weighted by Crippen LogP contribution is 2.21. The first-order chi connectivity index (χ1) is 13.7. The maximum Gasteiger partial charge on any atom is 0.257 e. The summed E-state index contributed by atoms with van der Waals surface area (Å²) in [7, 11) is 0. The summed E-state index contributed by atoms with van der Waals surface area (Å²) in [6.45, 7) is 2.34. The quantitative estimate of drug-likeness (QED) is 0.512. The van der Waals surface area contributed by atoms with Crippen molar-refractivity contribution in [1.82, 2.24) is 25.1 Å². The highest BCUT2D eigenvalue weighted by molar-refractivity contribution is 5.82. The Labute approximate surface area is 161 Å². The van der Waals surface area contributed by atoms with Gasteiger partial charge in [0.2, 0.25) is 5.95 Å². The van der Waals surface area contributed by atoms with Crippen molar-refractivity contribution in [2.24, 2.45) is 0 Å². The topological polar surface area (TPSA) is 89.7 Å². The van der Waals surface area contributed by atoms with E-state index in [0.717, 1.165) is 47.4 Å². The van der Waals surface area contributed by atoms with E-state index in [1.165, 1.54) is 5.56 Å². The molecule has 28 heavy (non-hydrogen) atoms. The average molecular weight is 372 g/mol. The van der Waals surface area contributed by atoms with Gasteiger partial charge in [-0.15, -0.1) is 0 Å². The van der Waals surface area contributed by atoms with Crippen LogP contribution in [0, 0.1) is 0 Å². The van der Waals surface area contributed by atoms with E-state index in [-0.39, 0.29) is 5.56 Å². The molecular formula is C21H20N6O. The van der Waals surface area contributed by atoms with Crippen molar-refractivity contribution in [2.75, 3.05) is 11.9 Å². The van der Waals surface area contributed by atoms with Crippen LogP contribution in [-0.2, 0) is 19.5 Å². The minimum atomic E-state index is -0.0760. The van der Waals surface area contributed by atoms with Gasteiger partial charge in [0.15, 0.2) is 0 Å². The molecule has 0 radical (unpaired) electrons. The van der Waals surface area contributed by atoms with E-state index in [1.54, 1.807) is 6.20 Å². The number of fused-ring (bicyclic) bond motifs is 2. The molecule has 0 fully saturated rings. The van der Waals surface area contributed by atoms with Crippen LogP contribution in [0.15, 0.2) is 59.5 Å². The smallest absolute Gasteiger partial charge is 0.257 e. The van der Waals surface area contributed by atoms with Gasteiger partial charge in [-0.1, -0.05) is 30.3 Å². The first kappa shape index (κ1) is 16.7. The lowest BCUT2D eigenvalue weighted by atomic mass is 10.1. The van der Waals surface area contributed by atoms with E-state index in [4.69, 9.17) is 0 Å². The Morgan fingerprint density at radius 1 is 1.14 bits per heavy atom. The molecule has 3 N–H and O–H groups in total. The standard InChI is InChI=1S/C21H20N6O/c28-20-17-13-27(12-14-4-2-1-3-5-14)9-8-18(17)24-21(25-20)23-16-7-6-15-11-22-26-19(15)10-16/h1-7,10-11H,8-9,12-13H2,(H,22,26)(H2,23,24,25,28). The van der Waals surface area contributed by atoms with Gasteiger partial charge in [0.05, 0.1) is 23.0 Å². The molecule has 0 unspecified atom stereocenters. The maximum atomic E-state index is 12.7. The minimum absolute atomic E-state index is 0.0760. The second-order valence-electron chi connectivity index (χ2n) is 7.08. The molecule has 1 aliphatic heterocycles. The number of H-pyrrole nitrogens is 2. The molecule has 5 rings (SSSR count). The summed E-state index contributed by atoms with van der Waals surface area (Å²) in [6.07, 6.45) is 2.54. The van der Waals surface area contributed by atoms with Crippen LogP contribution < -0.4 is 10.9 Å². The zero-order valence-electron chi connectivity index (χ0n) is 15.3. The predicted octanol–water partition coefficient (Wildman–Crippen LogP) is 2.95. The summed E-state index contributed by atoms with van der Waals surface area (Å²) in [4.78, 5) is 22.5. The van der Waals surface area contributed by atoms with Gasteiger partial charge >= 0.3 is 0 Å². The fourth-order valence-electron chi connectivity index (χ4n) is 3.67. The van der Waals surface area contributed by atoms with Crippen molar-refractivity contribution in [3.05, 3.63) is 81.9 Å². The van der Waals surface area contributed by atoms with E-state index in [0.29, 0.717) is 12.5 Å². The molecule has 0 amide bonds. The lowest BCUT2D eigenvalue weighted by Crippen LogP contribution is -2.35. The van der Waals surface area contributed by atoms with Gasteiger partial charge in [0.25, 0.3) is 5.56 Å². The third-order valence-electron chi connectivity index (χ3n) is 5.10. The third kappa shape index (κ3) is 3.27. The molecule has 140 valence electrons. The average Bonchev–Trinajstić information content (AvgIpc) is 3.17. The number of nitrogens with one attached hydrogen (secondary N) is 3. The molecule has 7 heteroatoms. The SMILES string of the molecule is O=c1[nH]c(Nc2ccc3cn[nH]c3c2)nc2c1CN(Cc1ccccc1)CC2. The van der Waals surface area contributed by atoms with Crippen molar-refractivity contribution < 1.29 is 0 Å². The van der Waals surface area contributed by atoms with Crippen LogP contribution in [0.1, 0.15) is 16.8 Å². The molecule has 2 aromatic carbocycles. The van der Waals surface area contributed by atoms with E-state index in [9.17, 15) is 4.79 Å². The van der Waals surface area contributed by atoms with Gasteiger partial charge in [-0.25, -0.2) is 4.98 Å². The molecule has 0 bridgehead atoms. The molecule has 0 aliphatic carbocycles. The number of hydrogen-bond acceptors (Lipinski definition) is 5. The number of benzene rings is 2. The van der Waals surface area contributed by atoms with Crippen molar-refractivity contribution in [2.45, 2.75) is 19.5 Å². The summed E-state index contributed by atoms with van der Waals surface area (Å²) in [5, 5.41) is 11.2. The number of rotatable bonds is 4. The van der Waals surface area contributed by atoms with E-state index in [1.807, 2.05) is 36.4 Å². The molecule has 1 aliphatic rings. The summed E-state index contributed by atoms with van der Waals surface area (Å²) in [6, 6.07) is 16.2. The molecule has 7 nitrogen and oxygen atoms in total. The van der Waals surface area contributed by atoms with Crippen LogP contribution in [0.5, 0.6) is 0 Å². The zero-order chi connectivity index (χ0) is 18.9. The van der Waals surface area contributed by atoms with Crippen molar-refractivity contribution in [3.8, 4) is 0 Å². The van der Waals surface area contributed by atoms with Crippen molar-refractivity contribution in [1.29, 1.82) is 0 Å². The highest BCUT2D eigenvalue weighted by Gasteiger charge is 2.21. The molecule has 3 heterocycles. The van der Waals surface area contributed by atoms with Gasteiger partial charge < -0.3 is 5.32 Å². The monoisotopic (exact) mass is 372 g/mol. The third-order valence-corrected chi connectivity index (χ3v) is 5.10. The van der Waals surface area contributed by atoms with E-state index < -0.39 is 0 Å². The van der Waals surface area contributed by atoms with Crippen LogP contribution in [0.2, 0.25) is 0 Å². The van der Waals surface area contributed by atoms with Crippen molar-refractivity contribution in [3.63, 3.8) is 0 Å². The number of hydrogen-bond donors (Lipinski definition) is 3. The summed E-state index contributed by atoms with van der Waals surface area (Å²) in [5.41, 5.74) is 4.59. The second kappa shape index (κ2) is 6.94. The molecule has 0 spiro atoms. The van der Waals surface area contributed by atoms with Gasteiger partial charge in [-0.05, 0) is 23.8 Å². The Morgan fingerprint density at radius 3 is 2.93 bits per heavy atom. The predicted molar refractivity (Wildman–Crippen MR) is 108 cm³/mol. The van der Waals surface area contributed by atoms with Crippen LogP contribution in [0.3, 0.4) is 0 Å². The zero-order valence-corrected chi connectivity index (χ0v) is 15.3. The lowest BCUT2D eigenvalue weighted by molar-refractivity contribution is 0.242. The molecule has 0 atom stereocenters. The lowest BCUT2D eigenvalue weighted by Gasteiger charge is -2.27. The first-order valence-corrected chi connectivity index (χ1v) is 9.33. The number of anilines is 2. The Bertz CT molecular complexity index is 1180. The normalized spacial score (nSPS) is 14.1. The van der Waals surface area contributed by atoms with Crippen LogP contribution in [0.25, 0.3) is 10.9 Å². The van der Waals surface area contributed by atoms with Gasteiger partial charge in [-0.3, -0.25) is 19.8 Å². The molecule has 0 saturated heterocycles.